The Morgan fingerprint density at radius 2 is 2.00 bits per heavy atom. The number of benzene rings is 1. The Kier molecular flexibility index (Phi) is 6.66. The van der Waals surface area contributed by atoms with Gasteiger partial charge < -0.3 is 13.7 Å². The number of carbonyl (C=O) groups is 1. The maximum atomic E-state index is 13.1. The highest BCUT2D eigenvalue weighted by molar-refractivity contribution is 7.92. The van der Waals surface area contributed by atoms with Crippen LogP contribution in [0.3, 0.4) is 0 Å². The zero-order chi connectivity index (χ0) is 24.5. The number of hydrogen-bond acceptors (Lipinski definition) is 7. The van der Waals surface area contributed by atoms with Gasteiger partial charge in [-0.2, -0.15) is 0 Å². The van der Waals surface area contributed by atoms with Gasteiger partial charge in [0.15, 0.2) is 20.9 Å². The van der Waals surface area contributed by atoms with E-state index in [0.29, 0.717) is 29.9 Å². The molecular weight excluding hydrogens is 460 g/mol. The summed E-state index contributed by atoms with van der Waals surface area (Å²) in [6.45, 7) is 3.31. The number of nitrogens with zero attached hydrogens (tertiary/aromatic N) is 1. The molecule has 1 amide bonds. The number of pyridine rings is 1. The highest BCUT2D eigenvalue weighted by Crippen LogP contribution is 2.31. The molecule has 1 saturated heterocycles. The average Bonchev–Trinajstić information content (AvgIpc) is 3.26. The van der Waals surface area contributed by atoms with Crippen molar-refractivity contribution in [1.29, 1.82) is 0 Å². The zero-order valence-corrected chi connectivity index (χ0v) is 20.1. The van der Waals surface area contributed by atoms with Crippen LogP contribution in [0.4, 0.5) is 0 Å². The van der Waals surface area contributed by atoms with Gasteiger partial charge in [-0.15, -0.1) is 0 Å². The number of para-hydroxylation sites is 1. The van der Waals surface area contributed by atoms with Gasteiger partial charge in [0, 0.05) is 42.5 Å². The molecule has 1 aliphatic heterocycles. The Hall–Kier alpha value is -2.95. The highest BCUT2D eigenvalue weighted by atomic mass is 32.2. The molecule has 3 atom stereocenters. The molecule has 3 heterocycles. The third-order valence-electron chi connectivity index (χ3n) is 6.51. The number of carbonyl (C=O) groups excluding carboxylic acids is 1. The molecule has 2 aromatic heterocycles. The molecule has 10 heteroatoms. The van der Waals surface area contributed by atoms with Crippen LogP contribution >= 0.6 is 0 Å². The SMILES string of the molecule is CC(n1ccc(-c2cc3ccccc3o2)cc1=O)C(C)(C(=O)NOC1CCCCO1)S(C)(=O)=O. The number of sulfone groups is 1. The second kappa shape index (κ2) is 9.36. The molecule has 1 N–H and O–H groups in total. The molecule has 4 rings (SSSR count). The molecule has 1 aromatic carbocycles. The summed E-state index contributed by atoms with van der Waals surface area (Å²) in [6.07, 6.45) is 4.17. The Balaban J connectivity index is 1.61. The Morgan fingerprint density at radius 1 is 1.24 bits per heavy atom. The van der Waals surface area contributed by atoms with Crippen LogP contribution in [0.5, 0.6) is 0 Å². The van der Waals surface area contributed by atoms with E-state index in [-0.39, 0.29) is 0 Å². The molecule has 3 aromatic rings. The van der Waals surface area contributed by atoms with Crippen LogP contribution < -0.4 is 11.0 Å². The summed E-state index contributed by atoms with van der Waals surface area (Å²) < 4.78 is 36.0. The first kappa shape index (κ1) is 24.2. The van der Waals surface area contributed by atoms with E-state index in [9.17, 15) is 18.0 Å². The van der Waals surface area contributed by atoms with E-state index < -0.39 is 38.4 Å². The van der Waals surface area contributed by atoms with Gasteiger partial charge >= 0.3 is 0 Å². The molecule has 9 nitrogen and oxygen atoms in total. The number of fused-ring (bicyclic) bond motifs is 1. The van der Waals surface area contributed by atoms with Crippen molar-refractivity contribution < 1.29 is 27.2 Å². The normalized spacial score (nSPS) is 19.4. The summed E-state index contributed by atoms with van der Waals surface area (Å²) in [6, 6.07) is 11.3. The Labute approximate surface area is 197 Å². The van der Waals surface area contributed by atoms with Crippen molar-refractivity contribution in [2.24, 2.45) is 0 Å². The number of aromatic nitrogens is 1. The first-order valence-electron chi connectivity index (χ1n) is 11.1. The zero-order valence-electron chi connectivity index (χ0n) is 19.3. The minimum atomic E-state index is -3.97. The number of rotatable bonds is 7. The molecule has 0 radical (unpaired) electrons. The van der Waals surface area contributed by atoms with Crippen molar-refractivity contribution in [3.8, 4) is 11.3 Å². The molecule has 0 spiro atoms. The van der Waals surface area contributed by atoms with E-state index in [4.69, 9.17) is 14.0 Å². The van der Waals surface area contributed by atoms with E-state index in [1.54, 1.807) is 6.07 Å². The fourth-order valence-electron chi connectivity index (χ4n) is 4.05. The van der Waals surface area contributed by atoms with Gasteiger partial charge in [0.05, 0.1) is 6.04 Å². The molecule has 182 valence electrons. The predicted molar refractivity (Wildman–Crippen MR) is 127 cm³/mol. The molecule has 0 saturated carbocycles. The van der Waals surface area contributed by atoms with E-state index in [1.807, 2.05) is 30.3 Å². The molecule has 34 heavy (non-hydrogen) atoms. The summed E-state index contributed by atoms with van der Waals surface area (Å²) in [4.78, 5) is 31.4. The second-order valence-electron chi connectivity index (χ2n) is 8.71. The fraction of sp³-hybridized carbons (Fsp3) is 0.417. The average molecular weight is 489 g/mol. The molecule has 0 bridgehead atoms. The number of furan rings is 1. The largest absolute Gasteiger partial charge is 0.456 e. The van der Waals surface area contributed by atoms with Gasteiger partial charge in [0.2, 0.25) is 0 Å². The van der Waals surface area contributed by atoms with Gasteiger partial charge in [-0.25, -0.2) is 18.7 Å². The Morgan fingerprint density at radius 3 is 2.65 bits per heavy atom. The first-order chi connectivity index (χ1) is 16.1. The van der Waals surface area contributed by atoms with Crippen molar-refractivity contribution in [3.63, 3.8) is 0 Å². The molecule has 3 unspecified atom stereocenters. The predicted octanol–water partition coefficient (Wildman–Crippen LogP) is 3.20. The first-order valence-corrected chi connectivity index (χ1v) is 13.0. The fourth-order valence-corrected chi connectivity index (χ4v) is 5.16. The van der Waals surface area contributed by atoms with Gasteiger partial charge in [-0.1, -0.05) is 18.2 Å². The summed E-state index contributed by atoms with van der Waals surface area (Å²) in [5, 5.41) is 0.901. The van der Waals surface area contributed by atoms with Crippen LogP contribution in [0.25, 0.3) is 22.3 Å². The number of hydroxylamine groups is 1. The van der Waals surface area contributed by atoms with Gasteiger partial charge in [-0.3, -0.25) is 9.59 Å². The van der Waals surface area contributed by atoms with Crippen LogP contribution in [0, 0.1) is 0 Å². The van der Waals surface area contributed by atoms with Crippen LogP contribution in [0.15, 0.2) is 57.9 Å². The molecule has 1 aliphatic rings. The molecule has 1 fully saturated rings. The van der Waals surface area contributed by atoms with Crippen LogP contribution in [0.2, 0.25) is 0 Å². The van der Waals surface area contributed by atoms with Gasteiger partial charge in [0.25, 0.3) is 11.5 Å². The maximum absolute atomic E-state index is 13.1. The van der Waals surface area contributed by atoms with Crippen molar-refractivity contribution in [3.05, 3.63) is 59.0 Å². The number of amides is 1. The van der Waals surface area contributed by atoms with Crippen LogP contribution in [-0.4, -0.2) is 42.8 Å². The third-order valence-corrected chi connectivity index (χ3v) is 8.58. The molecule has 0 aliphatic carbocycles. The lowest BCUT2D eigenvalue weighted by Crippen LogP contribution is -2.56. The van der Waals surface area contributed by atoms with E-state index in [2.05, 4.69) is 5.48 Å². The number of hydrogen-bond donors (Lipinski definition) is 1. The lowest BCUT2D eigenvalue weighted by Gasteiger charge is -2.34. The lowest BCUT2D eigenvalue weighted by molar-refractivity contribution is -0.201. The van der Waals surface area contributed by atoms with Crippen LogP contribution in [0.1, 0.15) is 39.2 Å². The van der Waals surface area contributed by atoms with E-state index in [0.717, 1.165) is 24.5 Å². The van der Waals surface area contributed by atoms with Gasteiger partial charge in [-0.05, 0) is 44.9 Å². The summed E-state index contributed by atoms with van der Waals surface area (Å²) in [7, 11) is -3.97. The quantitative estimate of drug-likeness (QED) is 0.508. The standard InChI is InChI=1S/C24H28N2O7S/c1-16(24(2,34(3,29)30)23(28)25-33-22-10-6-7-13-31-22)26-12-11-18(15-21(26)27)20-14-17-8-4-5-9-19(17)32-20/h4-5,8-9,11-12,14-16,22H,6-7,10,13H2,1-3H3,(H,25,28). The third kappa shape index (κ3) is 4.53. The Bertz CT molecular complexity index is 1320. The van der Waals surface area contributed by atoms with Crippen molar-refractivity contribution in [1.82, 2.24) is 10.0 Å². The monoisotopic (exact) mass is 488 g/mol. The van der Waals surface area contributed by atoms with E-state index in [1.165, 1.54) is 30.7 Å². The van der Waals surface area contributed by atoms with Crippen molar-refractivity contribution in [2.75, 3.05) is 12.9 Å². The lowest BCUT2D eigenvalue weighted by atomic mass is 10.0. The smallest absolute Gasteiger partial charge is 0.266 e. The topological polar surface area (TPSA) is 117 Å². The van der Waals surface area contributed by atoms with Gasteiger partial charge in [0.1, 0.15) is 11.3 Å². The minimum Gasteiger partial charge on any atom is -0.456 e. The summed E-state index contributed by atoms with van der Waals surface area (Å²) in [5.41, 5.74) is 3.02. The number of ether oxygens (including phenoxy) is 1. The number of nitrogens with one attached hydrogen (secondary N) is 1. The summed E-state index contributed by atoms with van der Waals surface area (Å²) >= 11 is 0. The maximum Gasteiger partial charge on any atom is 0.266 e. The highest BCUT2D eigenvalue weighted by Gasteiger charge is 2.50. The molecular formula is C24H28N2O7S. The summed E-state index contributed by atoms with van der Waals surface area (Å²) in [5.74, 6) is -0.354. The van der Waals surface area contributed by atoms with E-state index >= 15 is 0 Å². The second-order valence-corrected chi connectivity index (χ2v) is 11.1. The van der Waals surface area contributed by atoms with Crippen LogP contribution in [-0.2, 0) is 24.2 Å². The minimum absolute atomic E-state index is 0.468. The van der Waals surface area contributed by atoms with Crippen molar-refractivity contribution in [2.45, 2.75) is 50.2 Å². The van der Waals surface area contributed by atoms with Crippen molar-refractivity contribution >= 4 is 26.7 Å².